The van der Waals surface area contributed by atoms with Crippen LogP contribution in [0.25, 0.3) is 11.1 Å². The molecule has 0 aliphatic carbocycles. The van der Waals surface area contributed by atoms with Crippen LogP contribution in [0.2, 0.25) is 0 Å². The van der Waals surface area contributed by atoms with Crippen molar-refractivity contribution < 1.29 is 4.74 Å². The van der Waals surface area contributed by atoms with Gasteiger partial charge in [-0.15, -0.1) is 0 Å². The lowest BCUT2D eigenvalue weighted by molar-refractivity contribution is 0.414. The predicted molar refractivity (Wildman–Crippen MR) is 80.7 cm³/mol. The lowest BCUT2D eigenvalue weighted by Gasteiger charge is -2.13. The van der Waals surface area contributed by atoms with Crippen molar-refractivity contribution >= 4 is 0 Å². The van der Waals surface area contributed by atoms with Gasteiger partial charge in [-0.2, -0.15) is 0 Å². The zero-order chi connectivity index (χ0) is 13.8. The molecular formula is C17H21NO. The fraction of sp³-hybridized carbons (Fsp3) is 0.294. The molecule has 1 N–H and O–H groups in total. The molecule has 2 nitrogen and oxygen atoms in total. The molecule has 2 rings (SSSR count). The number of nitrogens with one attached hydrogen (secondary N) is 1. The van der Waals surface area contributed by atoms with E-state index >= 15 is 0 Å². The van der Waals surface area contributed by atoms with Crippen LogP contribution in [0.3, 0.4) is 0 Å². The van der Waals surface area contributed by atoms with Gasteiger partial charge in [-0.1, -0.05) is 18.2 Å². The standard InChI is InChI=1S/C17H21NO/c1-12-5-6-14(11-18-3)10-17(12)16-8-7-15(19-4)9-13(16)2/h5-10,18H,11H2,1-4H3. The molecular weight excluding hydrogens is 234 g/mol. The third-order valence-electron chi connectivity index (χ3n) is 3.41. The van der Waals surface area contributed by atoms with Gasteiger partial charge in [-0.05, 0) is 66.9 Å². The topological polar surface area (TPSA) is 21.3 Å². The zero-order valence-electron chi connectivity index (χ0n) is 12.1. The quantitative estimate of drug-likeness (QED) is 0.899. The van der Waals surface area contributed by atoms with E-state index in [0.717, 1.165) is 12.3 Å². The SMILES string of the molecule is CNCc1ccc(C)c(-c2ccc(OC)cc2C)c1. The van der Waals surface area contributed by atoms with Crippen LogP contribution in [0.1, 0.15) is 16.7 Å². The Kier molecular flexibility index (Phi) is 4.23. The summed E-state index contributed by atoms with van der Waals surface area (Å²) in [6.45, 7) is 5.17. The maximum Gasteiger partial charge on any atom is 0.119 e. The van der Waals surface area contributed by atoms with Gasteiger partial charge in [0.05, 0.1) is 7.11 Å². The summed E-state index contributed by atoms with van der Waals surface area (Å²) in [7, 11) is 3.67. The average molecular weight is 255 g/mol. The van der Waals surface area contributed by atoms with Crippen LogP contribution in [-0.2, 0) is 6.54 Å². The van der Waals surface area contributed by atoms with Crippen molar-refractivity contribution in [3.63, 3.8) is 0 Å². The van der Waals surface area contributed by atoms with Gasteiger partial charge in [0.2, 0.25) is 0 Å². The summed E-state index contributed by atoms with van der Waals surface area (Å²) in [4.78, 5) is 0. The van der Waals surface area contributed by atoms with Gasteiger partial charge in [0.25, 0.3) is 0 Å². The predicted octanol–water partition coefficient (Wildman–Crippen LogP) is 3.70. The third-order valence-corrected chi connectivity index (χ3v) is 3.41. The lowest BCUT2D eigenvalue weighted by atomic mass is 9.94. The van der Waals surface area contributed by atoms with E-state index in [9.17, 15) is 0 Å². The van der Waals surface area contributed by atoms with Crippen molar-refractivity contribution in [3.8, 4) is 16.9 Å². The molecule has 0 spiro atoms. The number of aryl methyl sites for hydroxylation is 2. The second-order valence-corrected chi connectivity index (χ2v) is 4.86. The van der Waals surface area contributed by atoms with Gasteiger partial charge >= 0.3 is 0 Å². The molecule has 0 fully saturated rings. The van der Waals surface area contributed by atoms with Crippen molar-refractivity contribution in [3.05, 3.63) is 53.1 Å². The summed E-state index contributed by atoms with van der Waals surface area (Å²) >= 11 is 0. The van der Waals surface area contributed by atoms with Crippen LogP contribution in [-0.4, -0.2) is 14.2 Å². The van der Waals surface area contributed by atoms with Crippen LogP contribution in [0.4, 0.5) is 0 Å². The summed E-state index contributed by atoms with van der Waals surface area (Å²) in [5, 5.41) is 3.19. The zero-order valence-corrected chi connectivity index (χ0v) is 12.1. The highest BCUT2D eigenvalue weighted by molar-refractivity contribution is 5.71. The molecule has 100 valence electrons. The molecule has 0 amide bonds. The Labute approximate surface area is 115 Å². The minimum absolute atomic E-state index is 0.891. The molecule has 0 bridgehead atoms. The Hall–Kier alpha value is -1.80. The van der Waals surface area contributed by atoms with Crippen molar-refractivity contribution in [1.82, 2.24) is 5.32 Å². The van der Waals surface area contributed by atoms with Crippen molar-refractivity contribution in [1.29, 1.82) is 0 Å². The summed E-state index contributed by atoms with van der Waals surface area (Å²) in [5.74, 6) is 0.908. The van der Waals surface area contributed by atoms with E-state index in [1.807, 2.05) is 13.1 Å². The molecule has 19 heavy (non-hydrogen) atoms. The number of hydrogen-bond donors (Lipinski definition) is 1. The Morgan fingerprint density at radius 3 is 2.37 bits per heavy atom. The van der Waals surface area contributed by atoms with Crippen molar-refractivity contribution in [2.24, 2.45) is 0 Å². The summed E-state index contributed by atoms with van der Waals surface area (Å²) in [5.41, 5.74) is 6.42. The highest BCUT2D eigenvalue weighted by Gasteiger charge is 2.07. The van der Waals surface area contributed by atoms with Crippen molar-refractivity contribution in [2.45, 2.75) is 20.4 Å². The summed E-state index contributed by atoms with van der Waals surface area (Å²) < 4.78 is 5.27. The molecule has 0 aliphatic rings. The van der Waals surface area contributed by atoms with Crippen LogP contribution >= 0.6 is 0 Å². The Morgan fingerprint density at radius 2 is 1.74 bits per heavy atom. The number of ether oxygens (including phenoxy) is 1. The molecule has 0 saturated carbocycles. The highest BCUT2D eigenvalue weighted by Crippen LogP contribution is 2.30. The molecule has 0 saturated heterocycles. The van der Waals surface area contributed by atoms with Gasteiger partial charge < -0.3 is 10.1 Å². The Bertz CT molecular complexity index is 575. The van der Waals surface area contributed by atoms with Crippen molar-refractivity contribution in [2.75, 3.05) is 14.2 Å². The fourth-order valence-electron chi connectivity index (χ4n) is 2.34. The van der Waals surface area contributed by atoms with E-state index in [0.29, 0.717) is 0 Å². The van der Waals surface area contributed by atoms with E-state index in [1.54, 1.807) is 7.11 Å². The minimum Gasteiger partial charge on any atom is -0.497 e. The molecule has 0 unspecified atom stereocenters. The molecule has 2 aromatic rings. The number of methoxy groups -OCH3 is 1. The van der Waals surface area contributed by atoms with Gasteiger partial charge in [0.15, 0.2) is 0 Å². The van der Waals surface area contributed by atoms with E-state index in [1.165, 1.54) is 27.8 Å². The van der Waals surface area contributed by atoms with E-state index < -0.39 is 0 Å². The minimum atomic E-state index is 0.891. The Morgan fingerprint density at radius 1 is 0.947 bits per heavy atom. The molecule has 2 aromatic carbocycles. The monoisotopic (exact) mass is 255 g/mol. The first-order valence-electron chi connectivity index (χ1n) is 6.55. The first-order chi connectivity index (χ1) is 9.15. The highest BCUT2D eigenvalue weighted by atomic mass is 16.5. The fourth-order valence-corrected chi connectivity index (χ4v) is 2.34. The first kappa shape index (κ1) is 13.6. The first-order valence-corrected chi connectivity index (χ1v) is 6.55. The summed E-state index contributed by atoms with van der Waals surface area (Å²) in [6, 6.07) is 12.9. The van der Waals surface area contributed by atoms with E-state index in [4.69, 9.17) is 4.74 Å². The smallest absolute Gasteiger partial charge is 0.119 e. The maximum absolute atomic E-state index is 5.27. The molecule has 0 aromatic heterocycles. The maximum atomic E-state index is 5.27. The average Bonchev–Trinajstić information content (AvgIpc) is 2.41. The van der Waals surface area contributed by atoms with Crippen LogP contribution in [0, 0.1) is 13.8 Å². The lowest BCUT2D eigenvalue weighted by Crippen LogP contribution is -2.05. The van der Waals surface area contributed by atoms with Crippen LogP contribution in [0.5, 0.6) is 5.75 Å². The molecule has 2 heteroatoms. The van der Waals surface area contributed by atoms with Gasteiger partial charge in [-0.25, -0.2) is 0 Å². The van der Waals surface area contributed by atoms with Crippen LogP contribution in [0.15, 0.2) is 36.4 Å². The second kappa shape index (κ2) is 5.89. The normalized spacial score (nSPS) is 10.5. The number of rotatable bonds is 4. The largest absolute Gasteiger partial charge is 0.497 e. The summed E-state index contributed by atoms with van der Waals surface area (Å²) in [6.07, 6.45) is 0. The molecule has 0 heterocycles. The number of benzene rings is 2. The molecule has 0 aliphatic heterocycles. The number of hydrogen-bond acceptors (Lipinski definition) is 2. The second-order valence-electron chi connectivity index (χ2n) is 4.86. The van der Waals surface area contributed by atoms with E-state index in [-0.39, 0.29) is 0 Å². The van der Waals surface area contributed by atoms with Gasteiger partial charge in [-0.3, -0.25) is 0 Å². The third kappa shape index (κ3) is 2.96. The van der Waals surface area contributed by atoms with Gasteiger partial charge in [0.1, 0.15) is 5.75 Å². The Balaban J connectivity index is 2.48. The molecule has 0 atom stereocenters. The van der Waals surface area contributed by atoms with Gasteiger partial charge in [0, 0.05) is 6.54 Å². The van der Waals surface area contributed by atoms with E-state index in [2.05, 4.69) is 49.5 Å². The van der Waals surface area contributed by atoms with Crippen LogP contribution < -0.4 is 10.1 Å². The molecule has 0 radical (unpaired) electrons.